The van der Waals surface area contributed by atoms with Gasteiger partial charge in [0.1, 0.15) is 5.75 Å². The van der Waals surface area contributed by atoms with Crippen LogP contribution in [0, 0.1) is 5.41 Å². The molecule has 0 amide bonds. The Morgan fingerprint density at radius 1 is 1.16 bits per heavy atom. The molecule has 0 spiro atoms. The summed E-state index contributed by atoms with van der Waals surface area (Å²) >= 11 is 0. The summed E-state index contributed by atoms with van der Waals surface area (Å²) in [5, 5.41) is 0. The van der Waals surface area contributed by atoms with Gasteiger partial charge in [-0.15, -0.1) is 0 Å². The summed E-state index contributed by atoms with van der Waals surface area (Å²) in [7, 11) is 0. The Labute approximate surface area is 117 Å². The van der Waals surface area contributed by atoms with E-state index in [9.17, 15) is 0 Å². The Balaban J connectivity index is 1.80. The molecular weight excluding hydrogens is 234 g/mol. The number of hydrogen-bond acceptors (Lipinski definition) is 2. The van der Waals surface area contributed by atoms with Crippen molar-refractivity contribution in [1.29, 1.82) is 0 Å². The third-order valence-corrected chi connectivity index (χ3v) is 4.14. The summed E-state index contributed by atoms with van der Waals surface area (Å²) < 4.78 is 5.87. The van der Waals surface area contributed by atoms with Gasteiger partial charge in [-0.3, -0.25) is 0 Å². The zero-order valence-electron chi connectivity index (χ0n) is 12.4. The summed E-state index contributed by atoms with van der Waals surface area (Å²) in [6.45, 7) is 5.96. The lowest BCUT2D eigenvalue weighted by Crippen LogP contribution is -2.23. The van der Waals surface area contributed by atoms with Crippen molar-refractivity contribution in [3.05, 3.63) is 29.3 Å². The van der Waals surface area contributed by atoms with Crippen molar-refractivity contribution in [3.63, 3.8) is 0 Å². The zero-order chi connectivity index (χ0) is 13.7. The molecule has 2 rings (SSSR count). The van der Waals surface area contributed by atoms with E-state index in [0.717, 1.165) is 31.7 Å². The van der Waals surface area contributed by atoms with Gasteiger partial charge in [0, 0.05) is 0 Å². The molecule has 1 aromatic carbocycles. The lowest BCUT2D eigenvalue weighted by atomic mass is 9.88. The number of nitrogens with two attached hydrogens (primary N) is 1. The lowest BCUT2D eigenvalue weighted by molar-refractivity contribution is 0.261. The number of rotatable bonds is 6. The summed E-state index contributed by atoms with van der Waals surface area (Å²) in [5.74, 6) is 1.03. The molecule has 0 unspecified atom stereocenters. The van der Waals surface area contributed by atoms with Crippen LogP contribution in [0.3, 0.4) is 0 Å². The van der Waals surface area contributed by atoms with E-state index in [1.54, 1.807) is 0 Å². The van der Waals surface area contributed by atoms with Crippen molar-refractivity contribution in [2.24, 2.45) is 11.1 Å². The van der Waals surface area contributed by atoms with Gasteiger partial charge < -0.3 is 10.5 Å². The van der Waals surface area contributed by atoms with E-state index in [1.807, 2.05) is 0 Å². The summed E-state index contributed by atoms with van der Waals surface area (Å²) in [6.07, 6.45) is 7.30. The molecule has 0 aromatic heterocycles. The minimum Gasteiger partial charge on any atom is -0.494 e. The summed E-state index contributed by atoms with van der Waals surface area (Å²) in [5.41, 5.74) is 8.98. The smallest absolute Gasteiger partial charge is 0.119 e. The second-order valence-electron chi connectivity index (χ2n) is 6.46. The van der Waals surface area contributed by atoms with Gasteiger partial charge in [0.15, 0.2) is 0 Å². The van der Waals surface area contributed by atoms with E-state index < -0.39 is 0 Å². The Bertz CT molecular complexity index is 412. The number of fused-ring (bicyclic) bond motifs is 1. The lowest BCUT2D eigenvalue weighted by Gasteiger charge is -2.22. The second kappa shape index (κ2) is 6.42. The largest absolute Gasteiger partial charge is 0.494 e. The Morgan fingerprint density at radius 2 is 1.89 bits per heavy atom. The topological polar surface area (TPSA) is 35.2 Å². The maximum Gasteiger partial charge on any atom is 0.119 e. The quantitative estimate of drug-likeness (QED) is 0.792. The molecule has 0 saturated carbocycles. The average molecular weight is 261 g/mol. The van der Waals surface area contributed by atoms with Crippen LogP contribution in [0.1, 0.15) is 50.7 Å². The van der Waals surface area contributed by atoms with Crippen molar-refractivity contribution in [3.8, 4) is 5.75 Å². The highest BCUT2D eigenvalue weighted by molar-refractivity contribution is 5.37. The van der Waals surface area contributed by atoms with Crippen molar-refractivity contribution in [1.82, 2.24) is 0 Å². The molecule has 19 heavy (non-hydrogen) atoms. The SMILES string of the molecule is CC(C)(CN)CCCOc1ccc2c(c1)CCCC2. The first-order valence-corrected chi connectivity index (χ1v) is 7.55. The summed E-state index contributed by atoms with van der Waals surface area (Å²) in [4.78, 5) is 0. The van der Waals surface area contributed by atoms with Crippen LogP contribution in [0.15, 0.2) is 18.2 Å². The monoisotopic (exact) mass is 261 g/mol. The van der Waals surface area contributed by atoms with Crippen LogP contribution in [-0.2, 0) is 12.8 Å². The van der Waals surface area contributed by atoms with Gasteiger partial charge in [0.2, 0.25) is 0 Å². The van der Waals surface area contributed by atoms with E-state index in [-0.39, 0.29) is 5.41 Å². The van der Waals surface area contributed by atoms with Crippen molar-refractivity contribution in [2.75, 3.05) is 13.2 Å². The van der Waals surface area contributed by atoms with Crippen molar-refractivity contribution in [2.45, 2.75) is 52.4 Å². The van der Waals surface area contributed by atoms with Crippen LogP contribution in [0.2, 0.25) is 0 Å². The molecule has 2 nitrogen and oxygen atoms in total. The second-order valence-corrected chi connectivity index (χ2v) is 6.46. The summed E-state index contributed by atoms with van der Waals surface area (Å²) in [6, 6.07) is 6.61. The molecular formula is C17H27NO. The average Bonchev–Trinajstić information content (AvgIpc) is 2.43. The minimum atomic E-state index is 0.235. The minimum absolute atomic E-state index is 0.235. The zero-order valence-corrected chi connectivity index (χ0v) is 12.4. The molecule has 1 aliphatic carbocycles. The molecule has 0 atom stereocenters. The van der Waals surface area contributed by atoms with Gasteiger partial charge in [0.25, 0.3) is 0 Å². The first-order chi connectivity index (χ1) is 9.11. The fraction of sp³-hybridized carbons (Fsp3) is 0.647. The van der Waals surface area contributed by atoms with Crippen LogP contribution in [0.25, 0.3) is 0 Å². The molecule has 0 radical (unpaired) electrons. The Kier molecular flexibility index (Phi) is 4.87. The molecule has 0 saturated heterocycles. The van der Waals surface area contributed by atoms with Crippen LogP contribution in [0.5, 0.6) is 5.75 Å². The predicted molar refractivity (Wildman–Crippen MR) is 80.6 cm³/mol. The van der Waals surface area contributed by atoms with Crippen molar-refractivity contribution >= 4 is 0 Å². The van der Waals surface area contributed by atoms with Gasteiger partial charge in [-0.05, 0) is 73.7 Å². The van der Waals surface area contributed by atoms with E-state index in [4.69, 9.17) is 10.5 Å². The maximum absolute atomic E-state index is 5.87. The molecule has 2 heteroatoms. The highest BCUT2D eigenvalue weighted by atomic mass is 16.5. The van der Waals surface area contributed by atoms with Gasteiger partial charge in [-0.1, -0.05) is 19.9 Å². The third-order valence-electron chi connectivity index (χ3n) is 4.14. The Hall–Kier alpha value is -1.02. The number of benzene rings is 1. The molecule has 0 aliphatic heterocycles. The number of ether oxygens (including phenoxy) is 1. The number of hydrogen-bond donors (Lipinski definition) is 1. The molecule has 1 aliphatic rings. The molecule has 0 fully saturated rings. The van der Waals surface area contributed by atoms with Crippen LogP contribution >= 0.6 is 0 Å². The molecule has 106 valence electrons. The fourth-order valence-corrected chi connectivity index (χ4v) is 2.64. The first-order valence-electron chi connectivity index (χ1n) is 7.55. The third kappa shape index (κ3) is 4.24. The highest BCUT2D eigenvalue weighted by Gasteiger charge is 2.15. The van der Waals surface area contributed by atoms with Crippen LogP contribution < -0.4 is 10.5 Å². The molecule has 0 heterocycles. The van der Waals surface area contributed by atoms with E-state index in [1.165, 1.54) is 36.8 Å². The highest BCUT2D eigenvalue weighted by Crippen LogP contribution is 2.26. The van der Waals surface area contributed by atoms with Gasteiger partial charge in [-0.2, -0.15) is 0 Å². The van der Waals surface area contributed by atoms with Crippen molar-refractivity contribution < 1.29 is 4.74 Å². The van der Waals surface area contributed by atoms with E-state index >= 15 is 0 Å². The predicted octanol–water partition coefficient (Wildman–Crippen LogP) is 3.71. The normalized spacial score (nSPS) is 15.1. The molecule has 2 N–H and O–H groups in total. The van der Waals surface area contributed by atoms with Gasteiger partial charge in [0.05, 0.1) is 6.61 Å². The van der Waals surface area contributed by atoms with Gasteiger partial charge in [-0.25, -0.2) is 0 Å². The Morgan fingerprint density at radius 3 is 2.63 bits per heavy atom. The fourth-order valence-electron chi connectivity index (χ4n) is 2.64. The van der Waals surface area contributed by atoms with Gasteiger partial charge >= 0.3 is 0 Å². The standard InChI is InChI=1S/C17H27NO/c1-17(2,13-18)10-5-11-19-16-9-8-14-6-3-4-7-15(14)12-16/h8-9,12H,3-7,10-11,13,18H2,1-2H3. The molecule has 1 aromatic rings. The van der Waals surface area contributed by atoms with Crippen LogP contribution in [0.4, 0.5) is 0 Å². The van der Waals surface area contributed by atoms with E-state index in [2.05, 4.69) is 32.0 Å². The van der Waals surface area contributed by atoms with E-state index in [0.29, 0.717) is 0 Å². The number of aryl methyl sites for hydroxylation is 2. The molecule has 0 bridgehead atoms. The maximum atomic E-state index is 5.87. The van der Waals surface area contributed by atoms with Crippen LogP contribution in [-0.4, -0.2) is 13.2 Å². The first kappa shape index (κ1) is 14.4.